The van der Waals surface area contributed by atoms with Gasteiger partial charge in [-0.25, -0.2) is 18.2 Å². The Kier molecular flexibility index (Phi) is 2.99. The average molecular weight is 305 g/mol. The van der Waals surface area contributed by atoms with E-state index in [0.29, 0.717) is 10.9 Å². The van der Waals surface area contributed by atoms with E-state index in [9.17, 15) is 13.2 Å². The van der Waals surface area contributed by atoms with Crippen LogP contribution in [0.1, 0.15) is 17.7 Å². The van der Waals surface area contributed by atoms with Crippen molar-refractivity contribution in [2.45, 2.75) is 13.3 Å². The fourth-order valence-corrected chi connectivity index (χ4v) is 2.19. The lowest BCUT2D eigenvalue weighted by molar-refractivity contribution is 0.146. The van der Waals surface area contributed by atoms with Crippen LogP contribution in [0.3, 0.4) is 0 Å². The van der Waals surface area contributed by atoms with Crippen molar-refractivity contribution in [1.82, 2.24) is 4.98 Å². The van der Waals surface area contributed by atoms with Crippen molar-refractivity contribution in [1.29, 1.82) is 0 Å². The van der Waals surface area contributed by atoms with Crippen molar-refractivity contribution in [2.24, 2.45) is 0 Å². The summed E-state index contributed by atoms with van der Waals surface area (Å²) in [6.07, 6.45) is -2.70. The normalized spacial score (nSPS) is 11.4. The van der Waals surface area contributed by atoms with Crippen LogP contribution in [0.15, 0.2) is 16.6 Å². The monoisotopic (exact) mass is 304 g/mol. The maximum atomic E-state index is 13.5. The van der Waals surface area contributed by atoms with Crippen LogP contribution < -0.4 is 5.73 Å². The first-order valence-electron chi connectivity index (χ1n) is 4.74. The van der Waals surface area contributed by atoms with Crippen LogP contribution >= 0.6 is 15.9 Å². The second-order valence-electron chi connectivity index (χ2n) is 3.65. The molecule has 2 nitrogen and oxygen atoms in total. The van der Waals surface area contributed by atoms with E-state index in [2.05, 4.69) is 20.9 Å². The number of aromatic nitrogens is 1. The number of aryl methyl sites for hydroxylation is 1. The second kappa shape index (κ2) is 4.18. The molecule has 1 aromatic heterocycles. The van der Waals surface area contributed by atoms with Crippen LogP contribution in [0.25, 0.3) is 10.9 Å². The van der Waals surface area contributed by atoms with Crippen molar-refractivity contribution in [3.8, 4) is 0 Å². The predicted octanol–water partition coefficient (Wildman–Crippen LogP) is 3.96. The van der Waals surface area contributed by atoms with Gasteiger partial charge in [0.2, 0.25) is 0 Å². The number of fused-ring (bicyclic) bond motifs is 1. The van der Waals surface area contributed by atoms with Gasteiger partial charge in [0, 0.05) is 11.1 Å². The highest BCUT2D eigenvalue weighted by atomic mass is 79.9. The smallest absolute Gasteiger partial charge is 0.280 e. The van der Waals surface area contributed by atoms with Gasteiger partial charge in [0.1, 0.15) is 11.5 Å². The van der Waals surface area contributed by atoms with Crippen molar-refractivity contribution >= 4 is 32.5 Å². The van der Waals surface area contributed by atoms with Gasteiger partial charge in [-0.05, 0) is 40.5 Å². The van der Waals surface area contributed by atoms with Crippen molar-refractivity contribution in [3.05, 3.63) is 33.7 Å². The molecule has 0 spiro atoms. The summed E-state index contributed by atoms with van der Waals surface area (Å²) in [5.74, 6) is -0.492. The van der Waals surface area contributed by atoms with Crippen LogP contribution in [0.2, 0.25) is 0 Å². The fourth-order valence-electron chi connectivity index (χ4n) is 1.65. The van der Waals surface area contributed by atoms with Gasteiger partial charge < -0.3 is 5.73 Å². The fraction of sp³-hybridized carbons (Fsp3) is 0.182. The Morgan fingerprint density at radius 1 is 1.35 bits per heavy atom. The zero-order chi connectivity index (χ0) is 12.7. The lowest BCUT2D eigenvalue weighted by Gasteiger charge is -2.10. The Balaban J connectivity index is 2.90. The molecule has 2 aromatic rings. The molecule has 0 aliphatic heterocycles. The highest BCUT2D eigenvalue weighted by Gasteiger charge is 2.17. The molecule has 1 aromatic carbocycles. The Bertz CT molecular complexity index is 599. The molecule has 0 radical (unpaired) electrons. The molecule has 0 fully saturated rings. The van der Waals surface area contributed by atoms with Gasteiger partial charge in [-0.3, -0.25) is 0 Å². The highest BCUT2D eigenvalue weighted by molar-refractivity contribution is 9.10. The molecule has 0 atom stereocenters. The summed E-state index contributed by atoms with van der Waals surface area (Å²) in [5.41, 5.74) is 6.09. The van der Waals surface area contributed by atoms with Gasteiger partial charge in [0.15, 0.2) is 0 Å². The Hall–Kier alpha value is -1.30. The number of hydrogen-bond donors (Lipinski definition) is 1. The lowest BCUT2D eigenvalue weighted by Crippen LogP contribution is -1.99. The molecule has 1 heterocycles. The molecule has 2 rings (SSSR count). The Labute approximate surface area is 104 Å². The first kappa shape index (κ1) is 12.2. The third-order valence-corrected chi connectivity index (χ3v) is 3.21. The number of nitrogens with two attached hydrogens (primary N) is 1. The third kappa shape index (κ3) is 1.97. The first-order chi connectivity index (χ1) is 7.91. The van der Waals surface area contributed by atoms with Gasteiger partial charge in [0.05, 0.1) is 9.99 Å². The molecule has 2 N–H and O–H groups in total. The number of nitrogens with zero attached hydrogens (tertiary/aromatic N) is 1. The SMILES string of the molecule is Cc1cc(F)c(Br)c2c(N)cc(C(F)F)nc12. The average Bonchev–Trinajstić information content (AvgIpc) is 2.25. The number of rotatable bonds is 1. The van der Waals surface area contributed by atoms with Crippen LogP contribution in [-0.4, -0.2) is 4.98 Å². The summed E-state index contributed by atoms with van der Waals surface area (Å²) in [4.78, 5) is 3.81. The highest BCUT2D eigenvalue weighted by Crippen LogP contribution is 2.34. The molecule has 0 saturated carbocycles. The van der Waals surface area contributed by atoms with E-state index in [1.165, 1.54) is 6.07 Å². The number of benzene rings is 1. The van der Waals surface area contributed by atoms with E-state index in [1.54, 1.807) is 6.92 Å². The lowest BCUT2D eigenvalue weighted by atomic mass is 10.1. The molecule has 6 heteroatoms. The molecule has 0 amide bonds. The van der Waals surface area contributed by atoms with E-state index in [4.69, 9.17) is 5.73 Å². The molecule has 0 bridgehead atoms. The molecular formula is C11H8BrF3N2. The molecule has 0 saturated heterocycles. The van der Waals surface area contributed by atoms with Crippen molar-refractivity contribution < 1.29 is 13.2 Å². The van der Waals surface area contributed by atoms with Crippen molar-refractivity contribution in [3.63, 3.8) is 0 Å². The van der Waals surface area contributed by atoms with E-state index in [0.717, 1.165) is 6.07 Å². The molecular weight excluding hydrogens is 297 g/mol. The summed E-state index contributed by atoms with van der Waals surface area (Å²) >= 11 is 3.04. The van der Waals surface area contributed by atoms with Gasteiger partial charge in [0.25, 0.3) is 6.43 Å². The van der Waals surface area contributed by atoms with Gasteiger partial charge >= 0.3 is 0 Å². The van der Waals surface area contributed by atoms with E-state index in [1.807, 2.05) is 0 Å². The molecule has 90 valence electrons. The minimum Gasteiger partial charge on any atom is -0.398 e. The van der Waals surface area contributed by atoms with Crippen LogP contribution in [0.5, 0.6) is 0 Å². The summed E-state index contributed by atoms with van der Waals surface area (Å²) in [5, 5.41) is 0.326. The summed E-state index contributed by atoms with van der Waals surface area (Å²) < 4.78 is 38.8. The number of pyridine rings is 1. The zero-order valence-corrected chi connectivity index (χ0v) is 10.4. The van der Waals surface area contributed by atoms with Gasteiger partial charge in [-0.1, -0.05) is 0 Å². The largest absolute Gasteiger partial charge is 0.398 e. The summed E-state index contributed by atoms with van der Waals surface area (Å²) in [6, 6.07) is 2.30. The third-order valence-electron chi connectivity index (χ3n) is 2.44. The minimum absolute atomic E-state index is 0.0831. The van der Waals surface area contributed by atoms with Gasteiger partial charge in [-0.2, -0.15) is 0 Å². The van der Waals surface area contributed by atoms with E-state index >= 15 is 0 Å². The number of anilines is 1. The predicted molar refractivity (Wildman–Crippen MR) is 63.5 cm³/mol. The standard InChI is InChI=1S/C11H8BrF3N2/c1-4-2-5(13)9(12)8-6(16)3-7(11(14)15)17-10(4)8/h2-3,11H,1H3,(H2,16,17). The molecule has 0 unspecified atom stereocenters. The zero-order valence-electron chi connectivity index (χ0n) is 8.77. The van der Waals surface area contributed by atoms with Crippen LogP contribution in [-0.2, 0) is 0 Å². The Morgan fingerprint density at radius 2 is 2.00 bits per heavy atom. The maximum absolute atomic E-state index is 13.5. The van der Waals surface area contributed by atoms with Gasteiger partial charge in [-0.15, -0.1) is 0 Å². The summed E-state index contributed by atoms with van der Waals surface area (Å²) in [6.45, 7) is 1.60. The molecule has 0 aliphatic rings. The van der Waals surface area contributed by atoms with Crippen LogP contribution in [0, 0.1) is 12.7 Å². The van der Waals surface area contributed by atoms with Crippen molar-refractivity contribution in [2.75, 3.05) is 5.73 Å². The Morgan fingerprint density at radius 3 is 2.59 bits per heavy atom. The maximum Gasteiger partial charge on any atom is 0.280 e. The minimum atomic E-state index is -2.70. The topological polar surface area (TPSA) is 38.9 Å². The number of halogens is 4. The quantitative estimate of drug-likeness (QED) is 0.866. The molecule has 17 heavy (non-hydrogen) atoms. The van der Waals surface area contributed by atoms with E-state index in [-0.39, 0.29) is 15.7 Å². The summed E-state index contributed by atoms with van der Waals surface area (Å²) in [7, 11) is 0. The first-order valence-corrected chi connectivity index (χ1v) is 5.54. The van der Waals surface area contributed by atoms with E-state index < -0.39 is 17.9 Å². The second-order valence-corrected chi connectivity index (χ2v) is 4.44. The molecule has 0 aliphatic carbocycles. The van der Waals surface area contributed by atoms with Crippen LogP contribution in [0.4, 0.5) is 18.9 Å². The number of alkyl halides is 2. The number of nitrogen functional groups attached to an aromatic ring is 1. The number of hydrogen-bond acceptors (Lipinski definition) is 2.